The predicted molar refractivity (Wildman–Crippen MR) is 108 cm³/mol. The number of nitrogens with zero attached hydrogens (tertiary/aromatic N) is 2. The number of aromatic nitrogens is 1. The first-order valence-electron chi connectivity index (χ1n) is 9.78. The molecule has 0 bridgehead atoms. The number of carbonyl (C=O) groups is 1. The number of nitrogens with one attached hydrogen (secondary N) is 1. The van der Waals surface area contributed by atoms with Crippen LogP contribution in [0.2, 0.25) is 0 Å². The molecule has 5 rings (SSSR count). The Balaban J connectivity index is 1.42. The van der Waals surface area contributed by atoms with E-state index in [-0.39, 0.29) is 18.6 Å². The highest BCUT2D eigenvalue weighted by Crippen LogP contribution is 2.37. The van der Waals surface area contributed by atoms with Gasteiger partial charge in [-0.25, -0.2) is 0 Å². The SMILES string of the molecule is O=C1CO[C@@H]2CN(Cc3ccnc4ccccc34)CC[C@@]2(c2ccccc2)N1. The number of fused-ring (bicyclic) bond motifs is 2. The number of morpholine rings is 1. The number of benzene rings is 2. The molecule has 3 aromatic rings. The van der Waals surface area contributed by atoms with Crippen molar-refractivity contribution in [2.75, 3.05) is 19.7 Å². The van der Waals surface area contributed by atoms with Gasteiger partial charge in [-0.3, -0.25) is 14.7 Å². The summed E-state index contributed by atoms with van der Waals surface area (Å²) < 4.78 is 6.04. The molecule has 2 fully saturated rings. The molecule has 5 nitrogen and oxygen atoms in total. The molecule has 142 valence electrons. The second-order valence-corrected chi connectivity index (χ2v) is 7.66. The fourth-order valence-corrected chi connectivity index (χ4v) is 4.59. The lowest BCUT2D eigenvalue weighted by Crippen LogP contribution is -2.66. The van der Waals surface area contributed by atoms with E-state index < -0.39 is 5.54 Å². The fourth-order valence-electron chi connectivity index (χ4n) is 4.59. The summed E-state index contributed by atoms with van der Waals surface area (Å²) >= 11 is 0. The molecular formula is C23H23N3O2. The number of pyridine rings is 1. The van der Waals surface area contributed by atoms with Crippen LogP contribution in [0.25, 0.3) is 10.9 Å². The average Bonchev–Trinajstić information content (AvgIpc) is 2.75. The summed E-state index contributed by atoms with van der Waals surface area (Å²) in [5.74, 6) is -0.0336. The van der Waals surface area contributed by atoms with Crippen LogP contribution >= 0.6 is 0 Å². The summed E-state index contributed by atoms with van der Waals surface area (Å²) in [5.41, 5.74) is 2.99. The van der Waals surface area contributed by atoms with Crippen LogP contribution in [0.4, 0.5) is 0 Å². The third-order valence-corrected chi connectivity index (χ3v) is 6.00. The van der Waals surface area contributed by atoms with E-state index >= 15 is 0 Å². The molecule has 5 heteroatoms. The van der Waals surface area contributed by atoms with Crippen LogP contribution in [0.3, 0.4) is 0 Å². The number of hydrogen-bond donors (Lipinski definition) is 1. The van der Waals surface area contributed by atoms with Crippen LogP contribution in [-0.4, -0.2) is 41.6 Å². The van der Waals surface area contributed by atoms with Gasteiger partial charge in [0.25, 0.3) is 0 Å². The number of ether oxygens (including phenoxy) is 1. The largest absolute Gasteiger partial charge is 0.364 e. The minimum atomic E-state index is -0.437. The fraction of sp³-hybridized carbons (Fsp3) is 0.304. The van der Waals surface area contributed by atoms with Crippen LogP contribution in [-0.2, 0) is 21.6 Å². The Morgan fingerprint density at radius 1 is 1.11 bits per heavy atom. The first kappa shape index (κ1) is 17.3. The van der Waals surface area contributed by atoms with Gasteiger partial charge in [0.1, 0.15) is 6.61 Å². The Bertz CT molecular complexity index is 1000. The standard InChI is InChI=1S/C23H23N3O2/c27-22-16-28-21-15-26(13-11-23(21,25-22)18-6-2-1-3-7-18)14-17-10-12-24-20-9-5-4-8-19(17)20/h1-10,12,21H,11,13-16H2,(H,25,27)/t21-,23+/m1/s1. The van der Waals surface area contributed by atoms with Crippen molar-refractivity contribution in [2.45, 2.75) is 24.6 Å². The highest BCUT2D eigenvalue weighted by atomic mass is 16.5. The summed E-state index contributed by atoms with van der Waals surface area (Å²) in [4.78, 5) is 19.0. The van der Waals surface area contributed by atoms with Crippen molar-refractivity contribution in [2.24, 2.45) is 0 Å². The highest BCUT2D eigenvalue weighted by molar-refractivity contribution is 5.81. The molecule has 0 spiro atoms. The van der Waals surface area contributed by atoms with Gasteiger partial charge in [-0.1, -0.05) is 48.5 Å². The maximum atomic E-state index is 12.2. The minimum Gasteiger partial charge on any atom is -0.364 e. The van der Waals surface area contributed by atoms with E-state index in [4.69, 9.17) is 4.74 Å². The van der Waals surface area contributed by atoms with Crippen molar-refractivity contribution in [1.82, 2.24) is 15.2 Å². The quantitative estimate of drug-likeness (QED) is 0.767. The van der Waals surface area contributed by atoms with Gasteiger partial charge in [-0.2, -0.15) is 0 Å². The van der Waals surface area contributed by atoms with Crippen molar-refractivity contribution < 1.29 is 9.53 Å². The topological polar surface area (TPSA) is 54.5 Å². The van der Waals surface area contributed by atoms with Crippen molar-refractivity contribution in [3.05, 3.63) is 78.0 Å². The van der Waals surface area contributed by atoms with Gasteiger partial charge in [0, 0.05) is 31.2 Å². The number of carbonyl (C=O) groups excluding carboxylic acids is 1. The molecule has 0 saturated carbocycles. The van der Waals surface area contributed by atoms with E-state index in [1.165, 1.54) is 10.9 Å². The van der Waals surface area contributed by atoms with Gasteiger partial charge in [0.15, 0.2) is 0 Å². The molecule has 28 heavy (non-hydrogen) atoms. The summed E-state index contributed by atoms with van der Waals surface area (Å²) in [6.45, 7) is 2.66. The van der Waals surface area contributed by atoms with E-state index in [0.717, 1.165) is 37.1 Å². The first-order chi connectivity index (χ1) is 13.7. The van der Waals surface area contributed by atoms with Gasteiger partial charge < -0.3 is 10.1 Å². The maximum absolute atomic E-state index is 12.2. The molecule has 1 amide bonds. The highest BCUT2D eigenvalue weighted by Gasteiger charge is 2.48. The number of piperidine rings is 1. The van der Waals surface area contributed by atoms with E-state index in [1.807, 2.05) is 30.5 Å². The second-order valence-electron chi connectivity index (χ2n) is 7.66. The smallest absolute Gasteiger partial charge is 0.246 e. The third kappa shape index (κ3) is 2.97. The number of likely N-dealkylation sites (tertiary alicyclic amines) is 1. The molecule has 0 unspecified atom stereocenters. The van der Waals surface area contributed by atoms with Crippen molar-refractivity contribution in [3.63, 3.8) is 0 Å². The second kappa shape index (κ2) is 7.00. The van der Waals surface area contributed by atoms with Crippen LogP contribution < -0.4 is 5.32 Å². The monoisotopic (exact) mass is 373 g/mol. The predicted octanol–water partition coefficient (Wildman–Crippen LogP) is 2.85. The van der Waals surface area contributed by atoms with Gasteiger partial charge in [-0.05, 0) is 29.7 Å². The number of rotatable bonds is 3. The zero-order chi connectivity index (χ0) is 19.0. The van der Waals surface area contributed by atoms with E-state index in [1.54, 1.807) is 0 Å². The lowest BCUT2D eigenvalue weighted by atomic mass is 9.77. The average molecular weight is 373 g/mol. The van der Waals surface area contributed by atoms with E-state index in [0.29, 0.717) is 0 Å². The number of amides is 1. The molecule has 2 aromatic carbocycles. The molecule has 0 aliphatic carbocycles. The normalized spacial score (nSPS) is 25.3. The molecule has 1 N–H and O–H groups in total. The third-order valence-electron chi connectivity index (χ3n) is 6.00. The summed E-state index contributed by atoms with van der Waals surface area (Å²) in [7, 11) is 0. The zero-order valence-corrected chi connectivity index (χ0v) is 15.7. The summed E-state index contributed by atoms with van der Waals surface area (Å²) in [6, 6.07) is 20.6. The Kier molecular flexibility index (Phi) is 4.34. The molecule has 2 atom stereocenters. The Morgan fingerprint density at radius 3 is 2.82 bits per heavy atom. The summed E-state index contributed by atoms with van der Waals surface area (Å²) in [6.07, 6.45) is 2.65. The molecule has 0 radical (unpaired) electrons. The number of para-hydroxylation sites is 1. The Labute approximate surface area is 164 Å². The molecule has 3 heterocycles. The minimum absolute atomic E-state index is 0.0336. The van der Waals surface area contributed by atoms with E-state index in [9.17, 15) is 4.79 Å². The lowest BCUT2D eigenvalue weighted by molar-refractivity contribution is -0.152. The zero-order valence-electron chi connectivity index (χ0n) is 15.7. The number of hydrogen-bond acceptors (Lipinski definition) is 4. The molecule has 2 aliphatic heterocycles. The maximum Gasteiger partial charge on any atom is 0.246 e. The van der Waals surface area contributed by atoms with E-state index in [2.05, 4.69) is 51.6 Å². The lowest BCUT2D eigenvalue weighted by Gasteiger charge is -2.50. The van der Waals surface area contributed by atoms with Crippen LogP contribution in [0.5, 0.6) is 0 Å². The van der Waals surface area contributed by atoms with Gasteiger partial charge in [0.2, 0.25) is 5.91 Å². The van der Waals surface area contributed by atoms with Gasteiger partial charge in [0.05, 0.1) is 17.2 Å². The van der Waals surface area contributed by atoms with Crippen molar-refractivity contribution in [1.29, 1.82) is 0 Å². The molecule has 1 aromatic heterocycles. The van der Waals surface area contributed by atoms with Crippen molar-refractivity contribution >= 4 is 16.8 Å². The van der Waals surface area contributed by atoms with Gasteiger partial charge >= 0.3 is 0 Å². The first-order valence-corrected chi connectivity index (χ1v) is 9.78. The molecular weight excluding hydrogens is 350 g/mol. The van der Waals surface area contributed by atoms with Crippen LogP contribution in [0, 0.1) is 0 Å². The Morgan fingerprint density at radius 2 is 1.93 bits per heavy atom. The summed E-state index contributed by atoms with van der Waals surface area (Å²) in [5, 5.41) is 4.46. The van der Waals surface area contributed by atoms with Crippen molar-refractivity contribution in [3.8, 4) is 0 Å². The molecule has 2 aliphatic rings. The van der Waals surface area contributed by atoms with Crippen LogP contribution in [0.15, 0.2) is 66.9 Å². The van der Waals surface area contributed by atoms with Gasteiger partial charge in [-0.15, -0.1) is 0 Å². The molecule has 2 saturated heterocycles. The Hall–Kier alpha value is -2.76. The van der Waals surface area contributed by atoms with Crippen LogP contribution in [0.1, 0.15) is 17.5 Å².